The van der Waals surface area contributed by atoms with Gasteiger partial charge in [0.2, 0.25) is 5.91 Å². The van der Waals surface area contributed by atoms with Gasteiger partial charge in [-0.1, -0.05) is 13.8 Å². The highest BCUT2D eigenvalue weighted by Crippen LogP contribution is 2.22. The number of carbonyl (C=O) groups is 1. The summed E-state index contributed by atoms with van der Waals surface area (Å²) in [5.74, 6) is 1.42. The summed E-state index contributed by atoms with van der Waals surface area (Å²) in [6.45, 7) is 6.47. The fraction of sp³-hybridized carbons (Fsp3) is 0.667. The normalized spacial score (nSPS) is 24.9. The zero-order valence-electron chi connectivity index (χ0n) is 10.5. The van der Waals surface area contributed by atoms with Gasteiger partial charge in [0.05, 0.1) is 11.9 Å². The molecular weight excluding hydrogens is 216 g/mol. The Morgan fingerprint density at radius 1 is 1.53 bits per heavy atom. The zero-order valence-corrected chi connectivity index (χ0v) is 10.5. The Labute approximate surface area is 102 Å². The number of nitrogens with two attached hydrogens (primary N) is 1. The number of nitrogens with zero attached hydrogens (tertiary/aromatic N) is 3. The van der Waals surface area contributed by atoms with Crippen LogP contribution in [0.4, 0.5) is 5.69 Å². The summed E-state index contributed by atoms with van der Waals surface area (Å²) in [7, 11) is 0. The van der Waals surface area contributed by atoms with Gasteiger partial charge in [-0.2, -0.15) is 5.10 Å². The predicted octanol–water partition coefficient (Wildman–Crippen LogP) is 0.970. The number of rotatable bonds is 2. The van der Waals surface area contributed by atoms with Crippen LogP contribution in [0.25, 0.3) is 0 Å². The van der Waals surface area contributed by atoms with Crippen molar-refractivity contribution in [3.8, 4) is 0 Å². The van der Waals surface area contributed by atoms with Crippen molar-refractivity contribution in [1.82, 2.24) is 14.7 Å². The molecule has 0 saturated carbocycles. The van der Waals surface area contributed by atoms with Gasteiger partial charge in [-0.05, 0) is 18.3 Å². The van der Waals surface area contributed by atoms with Gasteiger partial charge in [-0.15, -0.1) is 0 Å². The largest absolute Gasteiger partial charge is 0.396 e. The lowest BCUT2D eigenvalue weighted by Gasteiger charge is -2.35. The Morgan fingerprint density at radius 3 is 2.88 bits per heavy atom. The summed E-state index contributed by atoms with van der Waals surface area (Å²) in [6.07, 6.45) is 4.34. The first kappa shape index (κ1) is 12.0. The average Bonchev–Trinajstić information content (AvgIpc) is 2.68. The molecule has 1 aliphatic heterocycles. The van der Waals surface area contributed by atoms with Crippen LogP contribution in [0.1, 0.15) is 20.3 Å². The minimum absolute atomic E-state index is 0.131. The molecule has 2 unspecified atom stereocenters. The highest BCUT2D eigenvalue weighted by atomic mass is 16.2. The maximum atomic E-state index is 12.1. The molecule has 2 N–H and O–H groups in total. The van der Waals surface area contributed by atoms with Crippen molar-refractivity contribution < 1.29 is 4.79 Å². The van der Waals surface area contributed by atoms with Gasteiger partial charge in [-0.25, -0.2) is 0 Å². The number of anilines is 1. The van der Waals surface area contributed by atoms with E-state index in [2.05, 4.69) is 18.9 Å². The van der Waals surface area contributed by atoms with Crippen molar-refractivity contribution >= 4 is 11.6 Å². The fourth-order valence-electron chi connectivity index (χ4n) is 2.19. The summed E-state index contributed by atoms with van der Waals surface area (Å²) < 4.78 is 1.60. The lowest BCUT2D eigenvalue weighted by Crippen LogP contribution is -2.43. The fourth-order valence-corrected chi connectivity index (χ4v) is 2.19. The number of hydrogen-bond acceptors (Lipinski definition) is 3. The summed E-state index contributed by atoms with van der Waals surface area (Å²) in [6, 6.07) is 0. The molecule has 5 nitrogen and oxygen atoms in total. The maximum Gasteiger partial charge on any atom is 0.244 e. The van der Waals surface area contributed by atoms with Gasteiger partial charge in [-0.3, -0.25) is 9.48 Å². The number of carbonyl (C=O) groups excluding carboxylic acids is 1. The minimum Gasteiger partial charge on any atom is -0.396 e. The Morgan fingerprint density at radius 2 is 2.29 bits per heavy atom. The number of aromatic nitrogens is 2. The van der Waals surface area contributed by atoms with E-state index in [9.17, 15) is 4.79 Å². The Bertz CT molecular complexity index is 401. The van der Waals surface area contributed by atoms with Crippen LogP contribution in [0.15, 0.2) is 12.4 Å². The van der Waals surface area contributed by atoms with Gasteiger partial charge in [0.25, 0.3) is 0 Å². The molecule has 5 heteroatoms. The molecule has 2 atom stereocenters. The van der Waals surface area contributed by atoms with Crippen LogP contribution in [0.2, 0.25) is 0 Å². The number of nitrogen functional groups attached to an aromatic ring is 1. The standard InChI is InChI=1S/C12H20N4O/c1-9-3-4-15(6-10(9)2)12(17)8-16-7-11(13)5-14-16/h5,7,9-10H,3-4,6,8,13H2,1-2H3. The first-order chi connectivity index (χ1) is 8.06. The lowest BCUT2D eigenvalue weighted by atomic mass is 9.89. The van der Waals surface area contributed by atoms with E-state index in [1.54, 1.807) is 17.1 Å². The first-order valence-electron chi connectivity index (χ1n) is 6.12. The van der Waals surface area contributed by atoms with Crippen molar-refractivity contribution in [2.75, 3.05) is 18.8 Å². The van der Waals surface area contributed by atoms with E-state index < -0.39 is 0 Å². The Kier molecular flexibility index (Phi) is 3.36. The van der Waals surface area contributed by atoms with Gasteiger partial charge in [0.1, 0.15) is 6.54 Å². The SMILES string of the molecule is CC1CCN(C(=O)Cn2cc(N)cn2)CC1C. The molecule has 1 aliphatic rings. The van der Waals surface area contributed by atoms with E-state index >= 15 is 0 Å². The van der Waals surface area contributed by atoms with Crippen LogP contribution in [-0.2, 0) is 11.3 Å². The predicted molar refractivity (Wildman–Crippen MR) is 66.2 cm³/mol. The van der Waals surface area contributed by atoms with Gasteiger partial charge in [0.15, 0.2) is 0 Å². The molecule has 1 aromatic heterocycles. The molecule has 2 heterocycles. The number of piperidine rings is 1. The topological polar surface area (TPSA) is 64.2 Å². The lowest BCUT2D eigenvalue weighted by molar-refractivity contribution is -0.134. The van der Waals surface area contributed by atoms with Crippen molar-refractivity contribution in [3.05, 3.63) is 12.4 Å². The van der Waals surface area contributed by atoms with Crippen LogP contribution in [0, 0.1) is 11.8 Å². The van der Waals surface area contributed by atoms with E-state index in [1.807, 2.05) is 4.90 Å². The molecule has 17 heavy (non-hydrogen) atoms. The molecule has 1 saturated heterocycles. The van der Waals surface area contributed by atoms with E-state index in [-0.39, 0.29) is 12.5 Å². The van der Waals surface area contributed by atoms with Gasteiger partial charge < -0.3 is 10.6 Å². The first-order valence-corrected chi connectivity index (χ1v) is 6.12. The quantitative estimate of drug-likeness (QED) is 0.832. The summed E-state index contributed by atoms with van der Waals surface area (Å²) in [5, 5.41) is 4.03. The monoisotopic (exact) mass is 236 g/mol. The third-order valence-corrected chi connectivity index (χ3v) is 3.64. The third-order valence-electron chi connectivity index (χ3n) is 3.64. The van der Waals surface area contributed by atoms with Crippen LogP contribution in [-0.4, -0.2) is 33.7 Å². The van der Waals surface area contributed by atoms with Crippen LogP contribution in [0.5, 0.6) is 0 Å². The molecule has 1 fully saturated rings. The maximum absolute atomic E-state index is 12.1. The second kappa shape index (κ2) is 4.77. The van der Waals surface area contributed by atoms with Crippen molar-refractivity contribution in [3.63, 3.8) is 0 Å². The molecule has 0 spiro atoms. The molecule has 0 aromatic carbocycles. The smallest absolute Gasteiger partial charge is 0.244 e. The molecule has 94 valence electrons. The minimum atomic E-state index is 0.131. The second-order valence-electron chi connectivity index (χ2n) is 5.05. The summed E-state index contributed by atoms with van der Waals surface area (Å²) in [4.78, 5) is 14.0. The van der Waals surface area contributed by atoms with E-state index in [0.717, 1.165) is 19.5 Å². The van der Waals surface area contributed by atoms with E-state index in [1.165, 1.54) is 0 Å². The van der Waals surface area contributed by atoms with Crippen LogP contribution >= 0.6 is 0 Å². The van der Waals surface area contributed by atoms with Gasteiger partial charge >= 0.3 is 0 Å². The zero-order chi connectivity index (χ0) is 12.4. The third kappa shape index (κ3) is 2.78. The van der Waals surface area contributed by atoms with Crippen molar-refractivity contribution in [2.45, 2.75) is 26.8 Å². The van der Waals surface area contributed by atoms with Crippen molar-refractivity contribution in [2.24, 2.45) is 11.8 Å². The van der Waals surface area contributed by atoms with Crippen LogP contribution in [0.3, 0.4) is 0 Å². The van der Waals surface area contributed by atoms with E-state index in [0.29, 0.717) is 17.5 Å². The Balaban J connectivity index is 1.92. The molecule has 1 aromatic rings. The number of likely N-dealkylation sites (tertiary alicyclic amines) is 1. The molecular formula is C12H20N4O. The highest BCUT2D eigenvalue weighted by molar-refractivity contribution is 5.76. The van der Waals surface area contributed by atoms with E-state index in [4.69, 9.17) is 5.73 Å². The molecule has 2 rings (SSSR count). The van der Waals surface area contributed by atoms with Gasteiger partial charge in [0, 0.05) is 19.3 Å². The average molecular weight is 236 g/mol. The molecule has 0 aliphatic carbocycles. The molecule has 0 radical (unpaired) electrons. The highest BCUT2D eigenvalue weighted by Gasteiger charge is 2.25. The number of hydrogen-bond donors (Lipinski definition) is 1. The molecule has 1 amide bonds. The van der Waals surface area contributed by atoms with Crippen LogP contribution < -0.4 is 5.73 Å². The second-order valence-corrected chi connectivity index (χ2v) is 5.05. The summed E-state index contributed by atoms with van der Waals surface area (Å²) >= 11 is 0. The Hall–Kier alpha value is -1.52. The molecule has 0 bridgehead atoms. The summed E-state index contributed by atoms with van der Waals surface area (Å²) in [5.41, 5.74) is 6.16. The van der Waals surface area contributed by atoms with Crippen molar-refractivity contribution in [1.29, 1.82) is 0 Å². The number of amides is 1.